The van der Waals surface area contributed by atoms with Crippen LogP contribution in [-0.4, -0.2) is 0 Å². The minimum absolute atomic E-state index is 0.251. The van der Waals surface area contributed by atoms with Crippen LogP contribution in [0.15, 0.2) is 231 Å². The molecule has 0 fully saturated rings. The highest BCUT2D eigenvalue weighted by Gasteiger charge is 2.35. The van der Waals surface area contributed by atoms with E-state index in [-0.39, 0.29) is 5.41 Å². The van der Waals surface area contributed by atoms with Crippen LogP contribution in [0, 0.1) is 0 Å². The van der Waals surface area contributed by atoms with Gasteiger partial charge < -0.3 is 9.80 Å². The fourth-order valence-electron chi connectivity index (χ4n) is 9.55. The molecule has 0 saturated carbocycles. The number of hydrogen-bond donors (Lipinski definition) is 0. The minimum Gasteiger partial charge on any atom is -0.310 e. The van der Waals surface area contributed by atoms with Crippen LogP contribution in [0.1, 0.15) is 25.0 Å². The van der Waals surface area contributed by atoms with Gasteiger partial charge in [0, 0.05) is 39.5 Å². The molecule has 2 nitrogen and oxygen atoms in total. The van der Waals surface area contributed by atoms with Crippen LogP contribution in [0.25, 0.3) is 54.9 Å². The summed E-state index contributed by atoms with van der Waals surface area (Å²) in [6.07, 6.45) is 0. The molecule has 0 heterocycles. The van der Waals surface area contributed by atoms with E-state index in [9.17, 15) is 0 Å². The van der Waals surface area contributed by atoms with Crippen molar-refractivity contribution in [3.8, 4) is 33.4 Å². The normalized spacial score (nSPS) is 12.6. The molecular formula is C59H44N2. The van der Waals surface area contributed by atoms with Gasteiger partial charge >= 0.3 is 0 Å². The Morgan fingerprint density at radius 3 is 1.28 bits per heavy atom. The highest BCUT2D eigenvalue weighted by Crippen LogP contribution is 2.52. The average molecular weight is 781 g/mol. The summed E-state index contributed by atoms with van der Waals surface area (Å²) < 4.78 is 0. The van der Waals surface area contributed by atoms with Crippen molar-refractivity contribution in [3.63, 3.8) is 0 Å². The van der Waals surface area contributed by atoms with Crippen LogP contribution >= 0.6 is 0 Å². The van der Waals surface area contributed by atoms with Crippen molar-refractivity contribution in [2.75, 3.05) is 9.80 Å². The third kappa shape index (κ3) is 6.36. The van der Waals surface area contributed by atoms with Crippen LogP contribution in [-0.2, 0) is 5.41 Å². The largest absolute Gasteiger partial charge is 0.310 e. The van der Waals surface area contributed by atoms with E-state index in [0.29, 0.717) is 0 Å². The maximum atomic E-state index is 2.43. The van der Waals surface area contributed by atoms with Crippen molar-refractivity contribution in [1.82, 2.24) is 0 Å². The lowest BCUT2D eigenvalue weighted by atomic mass is 9.68. The highest BCUT2D eigenvalue weighted by atomic mass is 15.1. The first-order valence-corrected chi connectivity index (χ1v) is 21.2. The Hall–Kier alpha value is -7.68. The third-order valence-electron chi connectivity index (χ3n) is 12.6. The maximum absolute atomic E-state index is 2.43. The van der Waals surface area contributed by atoms with Gasteiger partial charge in [-0.3, -0.25) is 0 Å². The molecule has 0 N–H and O–H groups in total. The molecule has 1 aliphatic carbocycles. The van der Waals surface area contributed by atoms with E-state index in [2.05, 4.69) is 254 Å². The molecule has 0 atom stereocenters. The average Bonchev–Trinajstić information content (AvgIpc) is 3.33. The van der Waals surface area contributed by atoms with E-state index in [4.69, 9.17) is 0 Å². The number of hydrogen-bond acceptors (Lipinski definition) is 2. The summed E-state index contributed by atoms with van der Waals surface area (Å²) in [7, 11) is 0. The third-order valence-corrected chi connectivity index (χ3v) is 12.6. The van der Waals surface area contributed by atoms with Gasteiger partial charge in [-0.25, -0.2) is 0 Å². The van der Waals surface area contributed by atoms with E-state index in [1.165, 1.54) is 66.1 Å². The molecule has 0 radical (unpaired) electrons. The molecule has 0 amide bonds. The molecule has 1 aliphatic rings. The molecule has 0 spiro atoms. The summed E-state index contributed by atoms with van der Waals surface area (Å²) in [4.78, 5) is 4.76. The van der Waals surface area contributed by atoms with Crippen molar-refractivity contribution in [1.29, 1.82) is 0 Å². The number of benzene rings is 10. The van der Waals surface area contributed by atoms with Crippen molar-refractivity contribution in [3.05, 3.63) is 242 Å². The Morgan fingerprint density at radius 2 is 0.738 bits per heavy atom. The Labute approximate surface area is 358 Å². The Bertz CT molecular complexity index is 3170. The summed E-state index contributed by atoms with van der Waals surface area (Å²) in [5, 5.41) is 5.11. The quantitative estimate of drug-likeness (QED) is 0.142. The zero-order chi connectivity index (χ0) is 40.9. The van der Waals surface area contributed by atoms with E-state index in [1.807, 2.05) is 0 Å². The number of anilines is 6. The van der Waals surface area contributed by atoms with Gasteiger partial charge in [-0.05, 0) is 145 Å². The topological polar surface area (TPSA) is 6.48 Å². The van der Waals surface area contributed by atoms with Gasteiger partial charge in [-0.1, -0.05) is 166 Å². The van der Waals surface area contributed by atoms with Gasteiger partial charge in [0.25, 0.3) is 0 Å². The lowest BCUT2D eigenvalue weighted by Gasteiger charge is -2.37. The minimum atomic E-state index is -0.251. The summed E-state index contributed by atoms with van der Waals surface area (Å²) in [6, 6.07) is 84.0. The molecule has 11 rings (SSSR count). The first-order chi connectivity index (χ1) is 30.0. The maximum Gasteiger partial charge on any atom is 0.0468 e. The molecule has 2 heteroatoms. The lowest BCUT2D eigenvalue weighted by Crippen LogP contribution is -2.24. The fraction of sp³-hybridized carbons (Fsp3) is 0.0508. The van der Waals surface area contributed by atoms with Gasteiger partial charge in [0.1, 0.15) is 0 Å². The van der Waals surface area contributed by atoms with Crippen molar-refractivity contribution >= 4 is 55.7 Å². The standard InChI is InChI=1S/C59H44N2/c1-59(2)56-25-15-24-53-54-39-50(60(46-20-11-5-12-21-46)48-31-26-43(27-32-48)41-16-7-3-8-17-41)35-30-45(54)38-55(58(53)56)52-37-36-51(40-57(52)59)61(47-22-13-6-14-23-47)49-33-28-44(29-34-49)42-18-9-4-10-19-42/h3-40H,1-2H3. The second kappa shape index (κ2) is 14.9. The summed E-state index contributed by atoms with van der Waals surface area (Å²) >= 11 is 0. The number of para-hydroxylation sites is 2. The smallest absolute Gasteiger partial charge is 0.0468 e. The molecule has 61 heavy (non-hydrogen) atoms. The molecule has 0 aromatic heterocycles. The molecule has 0 unspecified atom stereocenters. The molecule has 290 valence electrons. The summed E-state index contributed by atoms with van der Waals surface area (Å²) in [5.74, 6) is 0. The first kappa shape index (κ1) is 36.4. The second-order valence-corrected chi connectivity index (χ2v) is 16.6. The van der Waals surface area contributed by atoms with Gasteiger partial charge in [-0.15, -0.1) is 0 Å². The Kier molecular flexibility index (Phi) is 8.86. The fourth-order valence-corrected chi connectivity index (χ4v) is 9.55. The number of nitrogens with zero attached hydrogens (tertiary/aromatic N) is 2. The van der Waals surface area contributed by atoms with Gasteiger partial charge in [-0.2, -0.15) is 0 Å². The van der Waals surface area contributed by atoms with Gasteiger partial charge in [0.2, 0.25) is 0 Å². The molecule has 10 aromatic carbocycles. The summed E-state index contributed by atoms with van der Waals surface area (Å²) in [6.45, 7) is 4.79. The first-order valence-electron chi connectivity index (χ1n) is 21.2. The van der Waals surface area contributed by atoms with Crippen LogP contribution in [0.3, 0.4) is 0 Å². The Balaban J connectivity index is 1.03. The molecule has 0 saturated heterocycles. The number of fused-ring (bicyclic) bond motifs is 4. The van der Waals surface area contributed by atoms with Gasteiger partial charge in [0.05, 0.1) is 0 Å². The highest BCUT2D eigenvalue weighted by molar-refractivity contribution is 6.17. The van der Waals surface area contributed by atoms with Crippen molar-refractivity contribution in [2.45, 2.75) is 19.3 Å². The molecule has 10 aromatic rings. The van der Waals surface area contributed by atoms with Crippen molar-refractivity contribution < 1.29 is 0 Å². The van der Waals surface area contributed by atoms with Gasteiger partial charge in [0.15, 0.2) is 0 Å². The molecular weight excluding hydrogens is 737 g/mol. The van der Waals surface area contributed by atoms with E-state index >= 15 is 0 Å². The van der Waals surface area contributed by atoms with Crippen LogP contribution in [0.5, 0.6) is 0 Å². The lowest BCUT2D eigenvalue weighted by molar-refractivity contribution is 0.645. The Morgan fingerprint density at radius 1 is 0.295 bits per heavy atom. The van der Waals surface area contributed by atoms with E-state index < -0.39 is 0 Å². The van der Waals surface area contributed by atoms with E-state index in [0.717, 1.165) is 34.1 Å². The predicted octanol–water partition coefficient (Wildman–Crippen LogP) is 16.6. The number of rotatable bonds is 8. The monoisotopic (exact) mass is 780 g/mol. The predicted molar refractivity (Wildman–Crippen MR) is 259 cm³/mol. The second-order valence-electron chi connectivity index (χ2n) is 16.6. The van der Waals surface area contributed by atoms with Crippen LogP contribution in [0.2, 0.25) is 0 Å². The zero-order valence-corrected chi connectivity index (χ0v) is 34.3. The molecule has 0 bridgehead atoms. The van der Waals surface area contributed by atoms with E-state index in [1.54, 1.807) is 0 Å². The zero-order valence-electron chi connectivity index (χ0n) is 34.3. The van der Waals surface area contributed by atoms with Crippen molar-refractivity contribution in [2.24, 2.45) is 0 Å². The van der Waals surface area contributed by atoms with Crippen LogP contribution < -0.4 is 9.80 Å². The SMILES string of the molecule is CC1(C)c2cc(N(c3ccccc3)c3ccc(-c4ccccc4)cc3)ccc2-c2cc3ccc(N(c4ccccc4)c4ccc(-c5ccccc5)cc4)cc3c3cccc1c23. The van der Waals surface area contributed by atoms with Crippen LogP contribution in [0.4, 0.5) is 34.1 Å². The summed E-state index contributed by atoms with van der Waals surface area (Å²) in [5.41, 5.74) is 16.6. The molecule has 0 aliphatic heterocycles.